The summed E-state index contributed by atoms with van der Waals surface area (Å²) >= 11 is 6.55. The van der Waals surface area contributed by atoms with Gasteiger partial charge >= 0.3 is 18.2 Å². The number of carbonyl (C=O) groups is 2. The summed E-state index contributed by atoms with van der Waals surface area (Å²) < 4.78 is 39.3. The summed E-state index contributed by atoms with van der Waals surface area (Å²) in [5, 5.41) is 29.0. The number of para-hydroxylation sites is 4. The maximum absolute atomic E-state index is 12.6. The average molecular weight is 682 g/mol. The first kappa shape index (κ1) is 30.3. The average Bonchev–Trinajstić information content (AvgIpc) is 2.89. The van der Waals surface area contributed by atoms with Gasteiger partial charge < -0.3 is 31.5 Å². The number of hydrogen-bond acceptors (Lipinski definition) is 4. The SMILES string of the molecule is O=C(Nc1cc(C(F)(F)F)ccc1O)Nc1ccccc1Br.O=C(Nc1ccccc1O)Nc1ccccc1Br. The van der Waals surface area contributed by atoms with Crippen LogP contribution >= 0.6 is 31.9 Å². The third-order valence-electron chi connectivity index (χ3n) is 4.97. The van der Waals surface area contributed by atoms with Gasteiger partial charge in [-0.1, -0.05) is 36.4 Å². The van der Waals surface area contributed by atoms with E-state index in [9.17, 15) is 33.0 Å². The van der Waals surface area contributed by atoms with E-state index in [0.717, 1.165) is 16.6 Å². The maximum atomic E-state index is 12.6. The monoisotopic (exact) mass is 680 g/mol. The number of carbonyl (C=O) groups excluding carboxylic acids is 2. The smallest absolute Gasteiger partial charge is 0.416 e. The highest BCUT2D eigenvalue weighted by Crippen LogP contribution is 2.34. The molecule has 40 heavy (non-hydrogen) atoms. The molecule has 4 aromatic rings. The van der Waals surface area contributed by atoms with Crippen LogP contribution in [-0.2, 0) is 6.18 Å². The van der Waals surface area contributed by atoms with Gasteiger partial charge in [0.05, 0.1) is 28.3 Å². The quantitative estimate of drug-likeness (QED) is 0.121. The van der Waals surface area contributed by atoms with Gasteiger partial charge in [0.2, 0.25) is 0 Å². The number of hydrogen-bond donors (Lipinski definition) is 6. The summed E-state index contributed by atoms with van der Waals surface area (Å²) in [5.41, 5.74) is 0.153. The Bertz CT molecular complexity index is 1450. The van der Waals surface area contributed by atoms with Crippen molar-refractivity contribution in [1.82, 2.24) is 0 Å². The van der Waals surface area contributed by atoms with Crippen molar-refractivity contribution in [2.24, 2.45) is 0 Å². The van der Waals surface area contributed by atoms with Crippen LogP contribution in [0, 0.1) is 0 Å². The third kappa shape index (κ3) is 8.92. The van der Waals surface area contributed by atoms with Gasteiger partial charge in [-0.05, 0) is 86.5 Å². The molecular weight excluding hydrogens is 661 g/mol. The molecule has 0 saturated carbocycles. The molecule has 8 nitrogen and oxygen atoms in total. The number of rotatable bonds is 4. The molecule has 0 aliphatic rings. The van der Waals surface area contributed by atoms with Crippen molar-refractivity contribution in [2.75, 3.05) is 21.3 Å². The molecule has 0 aromatic heterocycles. The van der Waals surface area contributed by atoms with E-state index in [2.05, 4.69) is 53.1 Å². The number of aromatic hydroxyl groups is 2. The molecule has 0 saturated heterocycles. The number of benzene rings is 4. The lowest BCUT2D eigenvalue weighted by atomic mass is 10.2. The molecule has 4 aromatic carbocycles. The van der Waals surface area contributed by atoms with Gasteiger partial charge in [0.1, 0.15) is 11.5 Å². The van der Waals surface area contributed by atoms with Crippen molar-refractivity contribution < 1.29 is 33.0 Å². The Balaban J connectivity index is 0.000000225. The molecule has 208 valence electrons. The zero-order valence-corrected chi connectivity index (χ0v) is 23.4. The molecule has 0 aliphatic carbocycles. The standard InChI is InChI=1S/C14H10BrF3N2O2.C13H11BrN2O2/c15-9-3-1-2-4-10(9)19-13(22)20-11-7-8(14(16,17)18)5-6-12(11)21;14-9-5-1-2-6-10(9)15-13(18)16-11-7-3-4-8-12(11)17/h1-7,21H,(H2,19,20,22);1-8,17H,(H2,15,16,18). The van der Waals surface area contributed by atoms with Crippen molar-refractivity contribution in [3.8, 4) is 11.5 Å². The van der Waals surface area contributed by atoms with Gasteiger partial charge in [-0.2, -0.15) is 13.2 Å². The van der Waals surface area contributed by atoms with Gasteiger partial charge in [0, 0.05) is 8.95 Å². The first-order valence-electron chi connectivity index (χ1n) is 11.3. The van der Waals surface area contributed by atoms with E-state index in [1.165, 1.54) is 6.07 Å². The van der Waals surface area contributed by atoms with Crippen LogP contribution in [0.15, 0.2) is 99.9 Å². The fourth-order valence-electron chi connectivity index (χ4n) is 3.07. The molecule has 0 fully saturated rings. The number of alkyl halides is 3. The summed E-state index contributed by atoms with van der Waals surface area (Å²) in [6, 6.07) is 21.6. The van der Waals surface area contributed by atoms with Crippen LogP contribution in [0.2, 0.25) is 0 Å². The summed E-state index contributed by atoms with van der Waals surface area (Å²) in [4.78, 5) is 23.5. The van der Waals surface area contributed by atoms with Gasteiger partial charge in [0.15, 0.2) is 0 Å². The van der Waals surface area contributed by atoms with E-state index in [1.807, 2.05) is 18.2 Å². The van der Waals surface area contributed by atoms with Gasteiger partial charge in [-0.3, -0.25) is 0 Å². The number of phenols is 2. The minimum Gasteiger partial charge on any atom is -0.506 e. The summed E-state index contributed by atoms with van der Waals surface area (Å²) in [6.07, 6.45) is -4.57. The molecule has 4 amide bonds. The molecule has 0 bridgehead atoms. The Morgan fingerprint density at radius 1 is 0.575 bits per heavy atom. The first-order valence-corrected chi connectivity index (χ1v) is 12.9. The van der Waals surface area contributed by atoms with E-state index in [0.29, 0.717) is 27.6 Å². The molecule has 0 heterocycles. The minimum atomic E-state index is -4.57. The Labute approximate surface area is 243 Å². The van der Waals surface area contributed by atoms with Crippen LogP contribution in [-0.4, -0.2) is 22.3 Å². The van der Waals surface area contributed by atoms with Crippen LogP contribution in [0.25, 0.3) is 0 Å². The maximum Gasteiger partial charge on any atom is 0.416 e. The highest BCUT2D eigenvalue weighted by atomic mass is 79.9. The van der Waals surface area contributed by atoms with E-state index >= 15 is 0 Å². The van der Waals surface area contributed by atoms with E-state index in [1.54, 1.807) is 48.5 Å². The van der Waals surface area contributed by atoms with Crippen molar-refractivity contribution in [3.05, 3.63) is 106 Å². The first-order chi connectivity index (χ1) is 18.9. The van der Waals surface area contributed by atoms with Crippen molar-refractivity contribution >= 4 is 66.7 Å². The fraction of sp³-hybridized carbons (Fsp3) is 0.0370. The second-order valence-electron chi connectivity index (χ2n) is 7.86. The fourth-order valence-corrected chi connectivity index (χ4v) is 3.84. The molecule has 6 N–H and O–H groups in total. The van der Waals surface area contributed by atoms with Gasteiger partial charge in [-0.15, -0.1) is 0 Å². The lowest BCUT2D eigenvalue weighted by Gasteiger charge is -2.12. The number of anilines is 4. The largest absolute Gasteiger partial charge is 0.506 e. The molecular formula is C27H21Br2F3N4O4. The topological polar surface area (TPSA) is 123 Å². The normalized spacial score (nSPS) is 10.5. The highest BCUT2D eigenvalue weighted by Gasteiger charge is 2.31. The zero-order valence-electron chi connectivity index (χ0n) is 20.3. The number of urea groups is 2. The summed E-state index contributed by atoms with van der Waals surface area (Å²) in [5.74, 6) is -0.435. The Hall–Kier alpha value is -4.23. The number of phenolic OH excluding ortho intramolecular Hbond substituents is 2. The summed E-state index contributed by atoms with van der Waals surface area (Å²) in [7, 11) is 0. The predicted molar refractivity (Wildman–Crippen MR) is 155 cm³/mol. The van der Waals surface area contributed by atoms with Crippen LogP contribution in [0.5, 0.6) is 11.5 Å². The number of halogens is 5. The second kappa shape index (κ2) is 13.7. The van der Waals surface area contributed by atoms with E-state index in [4.69, 9.17) is 0 Å². The van der Waals surface area contributed by atoms with Crippen LogP contribution < -0.4 is 21.3 Å². The Morgan fingerprint density at radius 3 is 1.45 bits per heavy atom. The Kier molecular flexibility index (Phi) is 10.4. The molecule has 0 aliphatic heterocycles. The van der Waals surface area contributed by atoms with Gasteiger partial charge in [-0.25, -0.2) is 9.59 Å². The summed E-state index contributed by atoms with van der Waals surface area (Å²) in [6.45, 7) is 0. The minimum absolute atomic E-state index is 0.0276. The van der Waals surface area contributed by atoms with Gasteiger partial charge in [0.25, 0.3) is 0 Å². The van der Waals surface area contributed by atoms with Crippen molar-refractivity contribution in [3.63, 3.8) is 0 Å². The molecule has 4 rings (SSSR count). The van der Waals surface area contributed by atoms with Crippen molar-refractivity contribution in [1.29, 1.82) is 0 Å². The van der Waals surface area contributed by atoms with Crippen LogP contribution in [0.3, 0.4) is 0 Å². The van der Waals surface area contributed by atoms with E-state index in [-0.39, 0.29) is 11.4 Å². The highest BCUT2D eigenvalue weighted by molar-refractivity contribution is 9.11. The third-order valence-corrected chi connectivity index (χ3v) is 6.35. The number of nitrogens with one attached hydrogen (secondary N) is 4. The molecule has 0 atom stereocenters. The lowest BCUT2D eigenvalue weighted by molar-refractivity contribution is -0.137. The molecule has 0 spiro atoms. The number of amides is 4. The Morgan fingerprint density at radius 2 is 0.975 bits per heavy atom. The molecule has 13 heteroatoms. The predicted octanol–water partition coefficient (Wildman–Crippen LogP) is 8.62. The van der Waals surface area contributed by atoms with Crippen molar-refractivity contribution in [2.45, 2.75) is 6.18 Å². The van der Waals surface area contributed by atoms with E-state index < -0.39 is 29.6 Å². The van der Waals surface area contributed by atoms with Crippen LogP contribution in [0.4, 0.5) is 45.5 Å². The second-order valence-corrected chi connectivity index (χ2v) is 9.57. The zero-order chi connectivity index (χ0) is 29.3. The molecule has 0 unspecified atom stereocenters. The van der Waals surface area contributed by atoms with Crippen LogP contribution in [0.1, 0.15) is 5.56 Å². The molecule has 0 radical (unpaired) electrons. The lowest BCUT2D eigenvalue weighted by Crippen LogP contribution is -2.20.